The van der Waals surface area contributed by atoms with Crippen LogP contribution in [-0.2, 0) is 11.3 Å². The van der Waals surface area contributed by atoms with Crippen LogP contribution in [0.3, 0.4) is 0 Å². The van der Waals surface area contributed by atoms with Crippen LogP contribution in [0.4, 0.5) is 0 Å². The van der Waals surface area contributed by atoms with E-state index >= 15 is 0 Å². The van der Waals surface area contributed by atoms with Crippen LogP contribution in [0.1, 0.15) is 0 Å². The van der Waals surface area contributed by atoms with Gasteiger partial charge in [0.2, 0.25) is 17.9 Å². The monoisotopic (exact) mass is 366 g/mol. The van der Waals surface area contributed by atoms with Gasteiger partial charge in [-0.15, -0.1) is 0 Å². The van der Waals surface area contributed by atoms with E-state index in [4.69, 9.17) is 0 Å². The number of aliphatic carboxylic acids is 1. The summed E-state index contributed by atoms with van der Waals surface area (Å²) in [6.45, 7) is -0.108. The van der Waals surface area contributed by atoms with E-state index < -0.39 is 5.97 Å². The van der Waals surface area contributed by atoms with Crippen LogP contribution in [0.25, 0.3) is 33.6 Å². The number of benzene rings is 3. The Morgan fingerprint density at radius 1 is 0.607 bits per heavy atom. The van der Waals surface area contributed by atoms with Crippen molar-refractivity contribution < 1.29 is 14.5 Å². The number of hydrogen-bond donors (Lipinski definition) is 1. The number of carboxylic acid groups (broad SMARTS) is 1. The summed E-state index contributed by atoms with van der Waals surface area (Å²) in [7, 11) is 0. The summed E-state index contributed by atoms with van der Waals surface area (Å²) in [5, 5.41) is 9.58. The summed E-state index contributed by atoms with van der Waals surface area (Å²) in [4.78, 5) is 11.7. The summed E-state index contributed by atoms with van der Waals surface area (Å²) < 4.78 is 1.87. The van der Waals surface area contributed by atoms with Crippen LogP contribution >= 0.6 is 0 Å². The van der Waals surface area contributed by atoms with Gasteiger partial charge >= 0.3 is 5.97 Å². The first-order chi connectivity index (χ1) is 13.7. The molecule has 136 valence electrons. The molecular weight excluding hydrogens is 346 g/mol. The van der Waals surface area contributed by atoms with Crippen LogP contribution in [0.15, 0.2) is 103 Å². The molecule has 0 spiro atoms. The number of aromatic nitrogens is 1. The Labute approximate surface area is 164 Å². The Bertz CT molecular complexity index is 1030. The largest absolute Gasteiger partial charge is 0.477 e. The third kappa shape index (κ3) is 3.69. The van der Waals surface area contributed by atoms with Crippen molar-refractivity contribution in [3.63, 3.8) is 0 Å². The summed E-state index contributed by atoms with van der Waals surface area (Å²) in [5.41, 5.74) is 5.88. The van der Waals surface area contributed by atoms with Crippen LogP contribution in [0.5, 0.6) is 0 Å². The lowest BCUT2D eigenvalue weighted by atomic mass is 9.99. The van der Waals surface area contributed by atoms with E-state index in [1.165, 1.54) is 0 Å². The van der Waals surface area contributed by atoms with Crippen molar-refractivity contribution in [3.8, 4) is 33.6 Å². The summed E-state index contributed by atoms with van der Waals surface area (Å²) in [5.74, 6) is -0.869. The molecule has 1 N–H and O–H groups in total. The molecule has 0 amide bonds. The average Bonchev–Trinajstić information content (AvgIpc) is 2.75. The molecule has 3 aromatic carbocycles. The Kier molecular flexibility index (Phi) is 4.98. The second-order valence-corrected chi connectivity index (χ2v) is 6.59. The maximum Gasteiger partial charge on any atom is 0.370 e. The number of pyridine rings is 1. The zero-order chi connectivity index (χ0) is 19.3. The standard InChI is InChI=1S/C25H19NO2/c27-25(28)18-26-23(20-12-6-2-7-13-20)16-22(19-10-4-1-5-11-19)17-24(26)21-14-8-3-9-15-21/h1-17H,18H2/p+1. The van der Waals surface area contributed by atoms with Crippen molar-refractivity contribution in [2.75, 3.05) is 0 Å². The number of nitrogens with zero attached hydrogens (tertiary/aromatic N) is 1. The molecule has 3 nitrogen and oxygen atoms in total. The maximum absolute atomic E-state index is 11.7. The van der Waals surface area contributed by atoms with Gasteiger partial charge in [-0.05, 0) is 35.4 Å². The normalized spacial score (nSPS) is 10.6. The topological polar surface area (TPSA) is 41.2 Å². The Hall–Kier alpha value is -3.72. The van der Waals surface area contributed by atoms with Crippen LogP contribution in [0, 0.1) is 0 Å². The third-order valence-electron chi connectivity index (χ3n) is 4.71. The van der Waals surface area contributed by atoms with Crippen molar-refractivity contribution in [2.45, 2.75) is 6.54 Å². The zero-order valence-electron chi connectivity index (χ0n) is 15.3. The van der Waals surface area contributed by atoms with E-state index in [1.807, 2.05) is 83.4 Å². The molecule has 0 radical (unpaired) electrons. The first-order valence-corrected chi connectivity index (χ1v) is 9.18. The van der Waals surface area contributed by atoms with Gasteiger partial charge in [0, 0.05) is 23.3 Å². The van der Waals surface area contributed by atoms with Gasteiger partial charge < -0.3 is 5.11 Å². The molecule has 4 aromatic rings. The van der Waals surface area contributed by atoms with Crippen molar-refractivity contribution in [3.05, 3.63) is 103 Å². The Morgan fingerprint density at radius 3 is 1.39 bits per heavy atom. The first kappa shape index (κ1) is 17.7. The minimum Gasteiger partial charge on any atom is -0.477 e. The number of carboxylic acids is 1. The second-order valence-electron chi connectivity index (χ2n) is 6.59. The fourth-order valence-electron chi connectivity index (χ4n) is 3.42. The van der Waals surface area contributed by atoms with E-state index in [-0.39, 0.29) is 6.54 Å². The quantitative estimate of drug-likeness (QED) is 0.502. The molecule has 0 aliphatic carbocycles. The van der Waals surface area contributed by atoms with Crippen LogP contribution in [-0.4, -0.2) is 11.1 Å². The SMILES string of the molecule is O=C(O)C[n+]1c(-c2ccccc2)cc(-c2ccccc2)cc1-c1ccccc1. The van der Waals surface area contributed by atoms with Gasteiger partial charge in [0.05, 0.1) is 0 Å². The second kappa shape index (κ2) is 7.89. The number of rotatable bonds is 5. The molecule has 0 aliphatic rings. The van der Waals surface area contributed by atoms with Crippen LogP contribution in [0.2, 0.25) is 0 Å². The smallest absolute Gasteiger partial charge is 0.370 e. The maximum atomic E-state index is 11.7. The minimum absolute atomic E-state index is 0.108. The van der Waals surface area contributed by atoms with Gasteiger partial charge in [-0.2, -0.15) is 4.57 Å². The first-order valence-electron chi connectivity index (χ1n) is 9.18. The van der Waals surface area contributed by atoms with Gasteiger partial charge in [0.1, 0.15) is 0 Å². The zero-order valence-corrected chi connectivity index (χ0v) is 15.3. The Morgan fingerprint density at radius 2 is 1.00 bits per heavy atom. The molecule has 3 heteroatoms. The fraction of sp³-hybridized carbons (Fsp3) is 0.0400. The van der Waals surface area contributed by atoms with Crippen molar-refractivity contribution in [1.29, 1.82) is 0 Å². The molecule has 0 saturated heterocycles. The predicted octanol–water partition coefficient (Wildman–Crippen LogP) is 5.06. The van der Waals surface area contributed by atoms with E-state index in [0.29, 0.717) is 0 Å². The summed E-state index contributed by atoms with van der Waals surface area (Å²) in [6.07, 6.45) is 0. The van der Waals surface area contributed by atoms with Crippen molar-refractivity contribution >= 4 is 5.97 Å². The van der Waals surface area contributed by atoms with Crippen molar-refractivity contribution in [1.82, 2.24) is 0 Å². The van der Waals surface area contributed by atoms with E-state index in [1.54, 1.807) is 0 Å². The van der Waals surface area contributed by atoms with Crippen LogP contribution < -0.4 is 4.57 Å². The minimum atomic E-state index is -0.869. The van der Waals surface area contributed by atoms with Crippen molar-refractivity contribution in [2.24, 2.45) is 0 Å². The predicted molar refractivity (Wildman–Crippen MR) is 111 cm³/mol. The van der Waals surface area contributed by atoms with Gasteiger partial charge in [-0.1, -0.05) is 66.7 Å². The highest BCUT2D eigenvalue weighted by Crippen LogP contribution is 2.29. The van der Waals surface area contributed by atoms with Gasteiger partial charge in [-0.3, -0.25) is 0 Å². The summed E-state index contributed by atoms with van der Waals surface area (Å²) >= 11 is 0. The fourth-order valence-corrected chi connectivity index (χ4v) is 3.42. The molecule has 0 atom stereocenters. The number of hydrogen-bond acceptors (Lipinski definition) is 1. The highest BCUT2D eigenvalue weighted by atomic mass is 16.4. The molecule has 0 fully saturated rings. The lowest BCUT2D eigenvalue weighted by molar-refractivity contribution is -0.664. The number of carbonyl (C=O) groups is 1. The molecule has 0 unspecified atom stereocenters. The van der Waals surface area contributed by atoms with E-state index in [0.717, 1.165) is 33.6 Å². The lowest BCUT2D eigenvalue weighted by Gasteiger charge is -2.11. The summed E-state index contributed by atoms with van der Waals surface area (Å²) in [6, 6.07) is 34.1. The highest BCUT2D eigenvalue weighted by molar-refractivity contribution is 5.74. The molecule has 0 saturated carbocycles. The highest BCUT2D eigenvalue weighted by Gasteiger charge is 2.24. The van der Waals surface area contributed by atoms with E-state index in [9.17, 15) is 9.90 Å². The average molecular weight is 366 g/mol. The lowest BCUT2D eigenvalue weighted by Crippen LogP contribution is -2.42. The third-order valence-corrected chi connectivity index (χ3v) is 4.71. The molecule has 28 heavy (non-hydrogen) atoms. The molecule has 0 bridgehead atoms. The Balaban J connectivity index is 2.03. The molecule has 4 rings (SSSR count). The molecular formula is C25H20NO2+. The van der Waals surface area contributed by atoms with Gasteiger partial charge in [0.15, 0.2) is 0 Å². The van der Waals surface area contributed by atoms with E-state index in [2.05, 4.69) is 24.3 Å². The molecule has 1 aromatic heterocycles. The van der Waals surface area contributed by atoms with Gasteiger partial charge in [-0.25, -0.2) is 4.79 Å². The van der Waals surface area contributed by atoms with Gasteiger partial charge in [0.25, 0.3) is 0 Å². The molecule has 1 heterocycles. The molecule has 0 aliphatic heterocycles.